The first-order chi connectivity index (χ1) is 22.1. The fraction of sp³-hybridized carbons (Fsp3) is 0.344. The van der Waals surface area contributed by atoms with E-state index in [0.717, 1.165) is 11.9 Å². The van der Waals surface area contributed by atoms with E-state index in [2.05, 4.69) is 20.4 Å². The number of pyridine rings is 2. The molecule has 4 heterocycles. The topological polar surface area (TPSA) is 143 Å². The highest BCUT2D eigenvalue weighted by atomic mass is 32.2. The SMILES string of the molecule is Cc1ccc(-n2nc(C(C)(C)C)cc2N(OS(C)(=O)=O)C(=O)Nc2ccc(N3CCN(C(=O)c4ccccc4F)CC3)nc2C)cn1. The van der Waals surface area contributed by atoms with Gasteiger partial charge in [-0.2, -0.15) is 13.5 Å². The number of hydroxylamine groups is 1. The number of rotatable bonds is 7. The number of piperazine rings is 1. The summed E-state index contributed by atoms with van der Waals surface area (Å²) < 4.78 is 45.5. The molecule has 1 aliphatic rings. The van der Waals surface area contributed by atoms with Crippen molar-refractivity contribution in [1.29, 1.82) is 0 Å². The van der Waals surface area contributed by atoms with Crippen LogP contribution in [0.15, 0.2) is 60.8 Å². The summed E-state index contributed by atoms with van der Waals surface area (Å²) in [5.74, 6) is -0.238. The molecule has 1 aromatic carbocycles. The molecule has 0 atom stereocenters. The van der Waals surface area contributed by atoms with Crippen LogP contribution in [0.2, 0.25) is 0 Å². The van der Waals surface area contributed by atoms with Gasteiger partial charge in [0.25, 0.3) is 16.0 Å². The molecule has 0 aliphatic carbocycles. The molecule has 1 N–H and O–H groups in total. The number of aryl methyl sites for hydroxylation is 2. The number of aromatic nitrogens is 4. The Labute approximate surface area is 273 Å². The van der Waals surface area contributed by atoms with Crippen molar-refractivity contribution in [2.75, 3.05) is 47.7 Å². The Hall–Kier alpha value is -4.89. The molecule has 3 amide bonds. The number of hydrogen-bond donors (Lipinski definition) is 1. The van der Waals surface area contributed by atoms with Crippen LogP contribution in [0.1, 0.15) is 48.2 Å². The third-order valence-electron chi connectivity index (χ3n) is 7.51. The first-order valence-electron chi connectivity index (χ1n) is 14.9. The number of halogens is 1. The number of benzene rings is 1. The van der Waals surface area contributed by atoms with Crippen molar-refractivity contribution in [1.82, 2.24) is 24.6 Å². The molecular formula is C32H37FN8O5S. The van der Waals surface area contributed by atoms with Gasteiger partial charge in [0.1, 0.15) is 11.6 Å². The molecule has 248 valence electrons. The highest BCUT2D eigenvalue weighted by Crippen LogP contribution is 2.30. The predicted molar refractivity (Wildman–Crippen MR) is 176 cm³/mol. The zero-order valence-electron chi connectivity index (χ0n) is 27.1. The van der Waals surface area contributed by atoms with Crippen LogP contribution in [0.3, 0.4) is 0 Å². The summed E-state index contributed by atoms with van der Waals surface area (Å²) in [4.78, 5) is 39.1. The summed E-state index contributed by atoms with van der Waals surface area (Å²) in [7, 11) is -4.17. The van der Waals surface area contributed by atoms with Crippen LogP contribution in [-0.4, -0.2) is 77.4 Å². The molecule has 0 spiro atoms. The third kappa shape index (κ3) is 7.74. The monoisotopic (exact) mass is 664 g/mol. The Morgan fingerprint density at radius 1 is 1.00 bits per heavy atom. The minimum Gasteiger partial charge on any atom is -0.353 e. The van der Waals surface area contributed by atoms with E-state index in [1.807, 2.05) is 32.6 Å². The fourth-order valence-corrected chi connectivity index (χ4v) is 5.35. The lowest BCUT2D eigenvalue weighted by atomic mass is 9.92. The minimum atomic E-state index is -4.17. The average molecular weight is 665 g/mol. The van der Waals surface area contributed by atoms with E-state index in [-0.39, 0.29) is 17.3 Å². The summed E-state index contributed by atoms with van der Waals surface area (Å²) in [5.41, 5.74) is 2.23. The number of carbonyl (C=O) groups excluding carboxylic acids is 2. The molecule has 15 heteroatoms. The fourth-order valence-electron chi connectivity index (χ4n) is 4.93. The van der Waals surface area contributed by atoms with E-state index in [9.17, 15) is 22.4 Å². The van der Waals surface area contributed by atoms with Gasteiger partial charge in [-0.1, -0.05) is 32.9 Å². The largest absolute Gasteiger partial charge is 0.353 e. The van der Waals surface area contributed by atoms with Gasteiger partial charge in [-0.3, -0.25) is 9.78 Å². The molecule has 0 unspecified atom stereocenters. The maximum Gasteiger partial charge on any atom is 0.353 e. The minimum absolute atomic E-state index is 0.0390. The van der Waals surface area contributed by atoms with Gasteiger partial charge in [-0.25, -0.2) is 18.9 Å². The number of amides is 3. The van der Waals surface area contributed by atoms with Gasteiger partial charge in [-0.15, -0.1) is 9.35 Å². The van der Waals surface area contributed by atoms with E-state index in [1.54, 1.807) is 60.5 Å². The van der Waals surface area contributed by atoms with Crippen molar-refractivity contribution in [2.45, 2.75) is 40.0 Å². The standard InChI is InChI=1S/C32H37FN8O5S/c1-21-11-12-23(20-34-21)40-29(19-27(37-40)32(3,4)5)41(46-47(6,44)45)31(43)36-26-13-14-28(35-22(26)2)38-15-17-39(18-16-38)30(42)24-9-7-8-10-25(24)33/h7-14,19-20H,15-18H2,1-6H3,(H,36,43). The van der Waals surface area contributed by atoms with Gasteiger partial charge < -0.3 is 15.1 Å². The van der Waals surface area contributed by atoms with Crippen LogP contribution in [0.25, 0.3) is 5.69 Å². The van der Waals surface area contributed by atoms with Gasteiger partial charge in [0.05, 0.1) is 40.8 Å². The maximum atomic E-state index is 14.2. The molecule has 5 rings (SSSR count). The van der Waals surface area contributed by atoms with E-state index in [1.165, 1.54) is 16.8 Å². The molecule has 0 bridgehead atoms. The molecule has 0 radical (unpaired) electrons. The number of nitrogens with one attached hydrogen (secondary N) is 1. The van der Waals surface area contributed by atoms with Crippen LogP contribution in [0, 0.1) is 19.7 Å². The van der Waals surface area contributed by atoms with Crippen molar-refractivity contribution < 1.29 is 26.7 Å². The van der Waals surface area contributed by atoms with Crippen molar-refractivity contribution in [3.05, 3.63) is 89.3 Å². The lowest BCUT2D eigenvalue weighted by Gasteiger charge is -2.35. The number of hydrogen-bond acceptors (Lipinski definition) is 9. The van der Waals surface area contributed by atoms with E-state index >= 15 is 0 Å². The highest BCUT2D eigenvalue weighted by Gasteiger charge is 2.31. The molecule has 0 saturated carbocycles. The van der Waals surface area contributed by atoms with Crippen molar-refractivity contribution >= 4 is 39.4 Å². The van der Waals surface area contributed by atoms with Gasteiger partial charge in [0, 0.05) is 43.4 Å². The van der Waals surface area contributed by atoms with Crippen molar-refractivity contribution in [3.63, 3.8) is 0 Å². The first-order valence-corrected chi connectivity index (χ1v) is 16.7. The molecule has 4 aromatic rings. The van der Waals surface area contributed by atoms with Gasteiger partial charge in [0.2, 0.25) is 0 Å². The van der Waals surface area contributed by atoms with Crippen LogP contribution >= 0.6 is 0 Å². The van der Waals surface area contributed by atoms with Crippen LogP contribution in [0.4, 0.5) is 26.5 Å². The van der Waals surface area contributed by atoms with Crippen molar-refractivity contribution in [2.24, 2.45) is 0 Å². The maximum absolute atomic E-state index is 14.2. The Morgan fingerprint density at radius 3 is 2.30 bits per heavy atom. The van der Waals surface area contributed by atoms with Crippen molar-refractivity contribution in [3.8, 4) is 5.69 Å². The van der Waals surface area contributed by atoms with Crippen LogP contribution in [-0.2, 0) is 19.8 Å². The Kier molecular flexibility index (Phi) is 9.32. The normalized spacial score (nSPS) is 13.9. The summed E-state index contributed by atoms with van der Waals surface area (Å²) in [6, 6.07) is 13.5. The summed E-state index contributed by atoms with van der Waals surface area (Å²) in [6.45, 7) is 11.1. The number of carbonyl (C=O) groups is 2. The number of nitrogens with zero attached hydrogens (tertiary/aromatic N) is 7. The zero-order valence-corrected chi connectivity index (χ0v) is 27.9. The highest BCUT2D eigenvalue weighted by molar-refractivity contribution is 7.86. The Balaban J connectivity index is 1.36. The smallest absolute Gasteiger partial charge is 0.353 e. The van der Waals surface area contributed by atoms with E-state index < -0.39 is 27.4 Å². The lowest BCUT2D eigenvalue weighted by molar-refractivity contribution is 0.0741. The van der Waals surface area contributed by atoms with Crippen LogP contribution in [0.5, 0.6) is 0 Å². The lowest BCUT2D eigenvalue weighted by Crippen LogP contribution is -2.49. The molecule has 13 nitrogen and oxygen atoms in total. The quantitative estimate of drug-likeness (QED) is 0.280. The second-order valence-corrected chi connectivity index (χ2v) is 13.8. The number of urea groups is 1. The second kappa shape index (κ2) is 13.1. The predicted octanol–water partition coefficient (Wildman–Crippen LogP) is 4.61. The summed E-state index contributed by atoms with van der Waals surface area (Å²) in [6.07, 6.45) is 2.41. The third-order valence-corrected chi connectivity index (χ3v) is 7.93. The van der Waals surface area contributed by atoms with E-state index in [0.29, 0.717) is 59.8 Å². The molecule has 1 aliphatic heterocycles. The second-order valence-electron chi connectivity index (χ2n) is 12.3. The molecule has 1 fully saturated rings. The Bertz CT molecular complexity index is 1900. The summed E-state index contributed by atoms with van der Waals surface area (Å²) >= 11 is 0. The molecular weight excluding hydrogens is 627 g/mol. The average Bonchev–Trinajstić information content (AvgIpc) is 3.47. The molecule has 47 heavy (non-hydrogen) atoms. The molecule has 3 aromatic heterocycles. The van der Waals surface area contributed by atoms with Gasteiger partial charge in [0.15, 0.2) is 5.82 Å². The van der Waals surface area contributed by atoms with Crippen LogP contribution < -0.4 is 15.3 Å². The molecule has 1 saturated heterocycles. The zero-order chi connectivity index (χ0) is 34.1. The van der Waals surface area contributed by atoms with E-state index in [4.69, 9.17) is 4.28 Å². The van der Waals surface area contributed by atoms with Gasteiger partial charge in [-0.05, 0) is 50.2 Å². The first kappa shape index (κ1) is 33.5. The summed E-state index contributed by atoms with van der Waals surface area (Å²) in [5, 5.41) is 8.02. The number of anilines is 3. The van der Waals surface area contributed by atoms with Gasteiger partial charge >= 0.3 is 6.03 Å². The Morgan fingerprint density at radius 2 is 1.70 bits per heavy atom.